The van der Waals surface area contributed by atoms with Gasteiger partial charge in [-0.25, -0.2) is 0 Å². The average Bonchev–Trinajstić information content (AvgIpc) is 3.04. The molecule has 3 rings (SSSR count). The molecule has 1 aromatic rings. The van der Waals surface area contributed by atoms with E-state index in [4.69, 9.17) is 10.5 Å². The summed E-state index contributed by atoms with van der Waals surface area (Å²) in [4.78, 5) is 0. The molecule has 0 N–H and O–H groups in total. The molecule has 1 aromatic heterocycles. The zero-order chi connectivity index (χ0) is 14.1. The summed E-state index contributed by atoms with van der Waals surface area (Å²) in [5, 5.41) is 18.0. The Hall–Kier alpha value is -0.440. The number of nitriles is 2. The summed E-state index contributed by atoms with van der Waals surface area (Å²) in [7, 11) is 0. The van der Waals surface area contributed by atoms with Crippen LogP contribution in [0.3, 0.4) is 0 Å². The molecule has 100 valence electrons. The third-order valence-electron chi connectivity index (χ3n) is 2.66. The Morgan fingerprint density at radius 1 is 1.05 bits per heavy atom. The van der Waals surface area contributed by atoms with Crippen molar-refractivity contribution in [3.63, 3.8) is 0 Å². The summed E-state index contributed by atoms with van der Waals surface area (Å²) in [5.74, 6) is 2.36. The van der Waals surface area contributed by atoms with Crippen LogP contribution in [0.15, 0.2) is 14.5 Å². The molecule has 0 fully saturated rings. The van der Waals surface area contributed by atoms with Gasteiger partial charge in [-0.1, -0.05) is 23.5 Å². The highest BCUT2D eigenvalue weighted by atomic mass is 32.3. The SMILES string of the molecule is Cc1cc(=C2SC3=C(SCCS3)S2)sc1=C(C#N)C#N. The molecule has 2 nitrogen and oxygen atoms in total. The maximum atomic E-state index is 9.01. The van der Waals surface area contributed by atoms with Crippen molar-refractivity contribution < 1.29 is 0 Å². The van der Waals surface area contributed by atoms with Crippen molar-refractivity contribution in [3.05, 3.63) is 29.2 Å². The van der Waals surface area contributed by atoms with Gasteiger partial charge in [-0.2, -0.15) is 10.5 Å². The quantitative estimate of drug-likeness (QED) is 0.713. The predicted molar refractivity (Wildman–Crippen MR) is 93.5 cm³/mol. The van der Waals surface area contributed by atoms with Crippen molar-refractivity contribution >= 4 is 68.2 Å². The molecule has 0 saturated heterocycles. The molecule has 3 heterocycles. The molecule has 20 heavy (non-hydrogen) atoms. The predicted octanol–water partition coefficient (Wildman–Crippen LogP) is 3.41. The second kappa shape index (κ2) is 6.13. The van der Waals surface area contributed by atoms with Crippen LogP contribution in [0.4, 0.5) is 0 Å². The van der Waals surface area contributed by atoms with Gasteiger partial charge in [-0.15, -0.1) is 34.9 Å². The van der Waals surface area contributed by atoms with Gasteiger partial charge in [0.15, 0.2) is 0 Å². The van der Waals surface area contributed by atoms with E-state index in [1.807, 2.05) is 66.1 Å². The van der Waals surface area contributed by atoms with Crippen LogP contribution in [0.5, 0.6) is 0 Å². The first-order chi connectivity index (χ1) is 9.72. The number of thioether (sulfide) groups is 4. The van der Waals surface area contributed by atoms with E-state index in [0.717, 1.165) is 10.1 Å². The number of aryl methyl sites for hydroxylation is 1. The molecule has 0 unspecified atom stereocenters. The molecule has 0 aliphatic carbocycles. The van der Waals surface area contributed by atoms with E-state index in [1.165, 1.54) is 28.7 Å². The van der Waals surface area contributed by atoms with Crippen LogP contribution in [0.1, 0.15) is 5.56 Å². The molecule has 0 amide bonds. The Labute approximate surface area is 138 Å². The maximum absolute atomic E-state index is 9.01. The Morgan fingerprint density at radius 2 is 1.65 bits per heavy atom. The second-order valence-corrected chi connectivity index (χ2v) is 10.1. The molecule has 2 aliphatic rings. The van der Waals surface area contributed by atoms with Crippen LogP contribution in [-0.2, 0) is 0 Å². The minimum atomic E-state index is 0.216. The van der Waals surface area contributed by atoms with E-state index < -0.39 is 0 Å². The first kappa shape index (κ1) is 14.5. The molecule has 0 bridgehead atoms. The van der Waals surface area contributed by atoms with Crippen molar-refractivity contribution in [2.24, 2.45) is 0 Å². The zero-order valence-electron chi connectivity index (χ0n) is 10.4. The molecule has 0 saturated carbocycles. The monoisotopic (exact) mass is 352 g/mol. The van der Waals surface area contributed by atoms with Gasteiger partial charge in [-0.3, -0.25) is 0 Å². The van der Waals surface area contributed by atoms with Crippen LogP contribution < -0.4 is 9.06 Å². The van der Waals surface area contributed by atoms with Gasteiger partial charge in [0.1, 0.15) is 17.7 Å². The fraction of sp³-hybridized carbons (Fsp3) is 0.231. The molecule has 0 radical (unpaired) electrons. The van der Waals surface area contributed by atoms with Crippen molar-refractivity contribution in [3.8, 4) is 12.1 Å². The van der Waals surface area contributed by atoms with Gasteiger partial charge < -0.3 is 0 Å². The molecule has 0 aromatic carbocycles. The highest BCUT2D eigenvalue weighted by Gasteiger charge is 2.25. The topological polar surface area (TPSA) is 47.6 Å². The zero-order valence-corrected chi connectivity index (χ0v) is 14.5. The number of rotatable bonds is 0. The van der Waals surface area contributed by atoms with Gasteiger partial charge in [0.05, 0.1) is 17.2 Å². The fourth-order valence-electron chi connectivity index (χ4n) is 1.78. The first-order valence-electron chi connectivity index (χ1n) is 5.73. The molecule has 0 atom stereocenters. The average molecular weight is 353 g/mol. The lowest BCUT2D eigenvalue weighted by Gasteiger charge is -2.08. The van der Waals surface area contributed by atoms with Crippen molar-refractivity contribution in [1.29, 1.82) is 10.5 Å². The Bertz CT molecular complexity index is 767. The van der Waals surface area contributed by atoms with Crippen LogP contribution >= 0.6 is 58.4 Å². The minimum absolute atomic E-state index is 0.216. The third-order valence-corrected chi connectivity index (χ3v) is 10.0. The van der Waals surface area contributed by atoms with Crippen molar-refractivity contribution in [2.45, 2.75) is 6.92 Å². The van der Waals surface area contributed by atoms with Crippen LogP contribution in [0.2, 0.25) is 0 Å². The normalized spacial score (nSPS) is 17.6. The number of hydrogen-bond donors (Lipinski definition) is 0. The van der Waals surface area contributed by atoms with Crippen molar-refractivity contribution in [2.75, 3.05) is 11.5 Å². The molecular weight excluding hydrogens is 344 g/mol. The maximum Gasteiger partial charge on any atom is 0.147 e. The summed E-state index contributed by atoms with van der Waals surface area (Å²) in [5.41, 5.74) is 1.23. The Balaban J connectivity index is 2.09. The molecular formula is C13H8N2S5. The smallest absolute Gasteiger partial charge is 0.147 e. The summed E-state index contributed by atoms with van der Waals surface area (Å²) in [6.45, 7) is 1.96. The first-order valence-corrected chi connectivity index (χ1v) is 10.2. The van der Waals surface area contributed by atoms with E-state index in [-0.39, 0.29) is 5.57 Å². The van der Waals surface area contributed by atoms with Crippen LogP contribution in [0, 0.1) is 29.6 Å². The van der Waals surface area contributed by atoms with Gasteiger partial charge in [-0.05, 0) is 18.6 Å². The summed E-state index contributed by atoms with van der Waals surface area (Å²) >= 11 is 9.09. The van der Waals surface area contributed by atoms with E-state index in [0.29, 0.717) is 0 Å². The summed E-state index contributed by atoms with van der Waals surface area (Å²) < 4.78 is 6.10. The molecule has 2 aliphatic heterocycles. The number of thiophene rings is 1. The highest BCUT2D eigenvalue weighted by Crippen LogP contribution is 2.59. The summed E-state index contributed by atoms with van der Waals surface area (Å²) in [6.07, 6.45) is 0. The Morgan fingerprint density at radius 3 is 2.20 bits per heavy atom. The Kier molecular flexibility index (Phi) is 4.44. The molecule has 7 heteroatoms. The lowest BCUT2D eigenvalue weighted by Crippen LogP contribution is -2.01. The second-order valence-electron chi connectivity index (χ2n) is 3.98. The fourth-order valence-corrected chi connectivity index (χ4v) is 8.99. The number of nitrogens with zero attached hydrogens (tertiary/aromatic N) is 2. The summed E-state index contributed by atoms with van der Waals surface area (Å²) in [6, 6.07) is 6.07. The minimum Gasteiger partial charge on any atom is -0.192 e. The van der Waals surface area contributed by atoms with Gasteiger partial charge in [0.2, 0.25) is 0 Å². The number of hydrogen-bond acceptors (Lipinski definition) is 7. The lowest BCUT2D eigenvalue weighted by molar-refractivity contribution is 1.47. The van der Waals surface area contributed by atoms with E-state index in [2.05, 4.69) is 6.07 Å². The van der Waals surface area contributed by atoms with Crippen LogP contribution in [-0.4, -0.2) is 11.5 Å². The highest BCUT2D eigenvalue weighted by molar-refractivity contribution is 8.46. The van der Waals surface area contributed by atoms with Gasteiger partial charge in [0, 0.05) is 16.0 Å². The van der Waals surface area contributed by atoms with Gasteiger partial charge >= 0.3 is 0 Å². The van der Waals surface area contributed by atoms with E-state index >= 15 is 0 Å². The van der Waals surface area contributed by atoms with Gasteiger partial charge in [0.25, 0.3) is 0 Å². The van der Waals surface area contributed by atoms with E-state index in [1.54, 1.807) is 11.3 Å². The van der Waals surface area contributed by atoms with E-state index in [9.17, 15) is 0 Å². The van der Waals surface area contributed by atoms with Crippen molar-refractivity contribution in [1.82, 2.24) is 0 Å². The standard InChI is InChI=1S/C13H8N2S5/c1-7-4-9(18-10(7)8(5-14)6-15)11-19-12-13(20-11)17-3-2-16-12/h4H,2-3H2,1H3. The lowest BCUT2D eigenvalue weighted by atomic mass is 10.2. The molecule has 0 spiro atoms. The largest absolute Gasteiger partial charge is 0.192 e. The van der Waals surface area contributed by atoms with Crippen LogP contribution in [0.25, 0.3) is 9.81 Å². The third kappa shape index (κ3) is 2.66.